The van der Waals surface area contributed by atoms with Crippen molar-refractivity contribution in [1.82, 2.24) is 9.97 Å². The monoisotopic (exact) mass is 252 g/mol. The molecule has 0 atom stereocenters. The Bertz CT molecular complexity index is 696. The summed E-state index contributed by atoms with van der Waals surface area (Å²) in [7, 11) is 1.63. The molecule has 19 heavy (non-hydrogen) atoms. The van der Waals surface area contributed by atoms with Gasteiger partial charge < -0.3 is 9.47 Å². The van der Waals surface area contributed by atoms with E-state index in [1.165, 1.54) is 0 Å². The lowest BCUT2D eigenvalue weighted by atomic mass is 10.2. The molecule has 94 valence electrons. The van der Waals surface area contributed by atoms with Gasteiger partial charge in [-0.25, -0.2) is 4.98 Å². The van der Waals surface area contributed by atoms with Gasteiger partial charge in [-0.2, -0.15) is 4.98 Å². The van der Waals surface area contributed by atoms with Gasteiger partial charge in [-0.15, -0.1) is 0 Å². The molecule has 0 bridgehead atoms. The lowest BCUT2D eigenvalue weighted by molar-refractivity contribution is 0.411. The number of benzene rings is 2. The van der Waals surface area contributed by atoms with Gasteiger partial charge in [0.15, 0.2) is 0 Å². The Labute approximate surface area is 110 Å². The fourth-order valence-electron chi connectivity index (χ4n) is 1.75. The van der Waals surface area contributed by atoms with E-state index in [1.54, 1.807) is 13.3 Å². The van der Waals surface area contributed by atoms with Crippen LogP contribution in [-0.2, 0) is 0 Å². The van der Waals surface area contributed by atoms with Crippen LogP contribution in [-0.4, -0.2) is 17.1 Å². The largest absolute Gasteiger partial charge is 0.497 e. The number of methoxy groups -OCH3 is 1. The second-order valence-electron chi connectivity index (χ2n) is 3.99. The third-order valence-corrected chi connectivity index (χ3v) is 2.74. The van der Waals surface area contributed by atoms with E-state index in [9.17, 15) is 0 Å². The summed E-state index contributed by atoms with van der Waals surface area (Å²) in [6, 6.07) is 15.4. The Morgan fingerprint density at radius 1 is 0.895 bits per heavy atom. The highest BCUT2D eigenvalue weighted by Gasteiger charge is 2.02. The molecule has 0 amide bonds. The molecule has 4 heteroatoms. The highest BCUT2D eigenvalue weighted by Crippen LogP contribution is 2.22. The molecule has 3 aromatic rings. The number of para-hydroxylation sites is 1. The van der Waals surface area contributed by atoms with Gasteiger partial charge in [0.2, 0.25) is 0 Å². The van der Waals surface area contributed by atoms with Crippen LogP contribution in [0.25, 0.3) is 10.9 Å². The van der Waals surface area contributed by atoms with Crippen molar-refractivity contribution in [2.45, 2.75) is 0 Å². The highest BCUT2D eigenvalue weighted by atomic mass is 16.5. The minimum atomic E-state index is 0.337. The summed E-state index contributed by atoms with van der Waals surface area (Å²) >= 11 is 0. The Kier molecular flexibility index (Phi) is 2.98. The standard InChI is InChI=1S/C15H12N2O2/c1-18-12-6-8-13(9-7-12)19-15-16-10-11-4-2-3-5-14(11)17-15/h2-10H,1H3. The number of aromatic nitrogens is 2. The molecule has 1 aromatic heterocycles. The smallest absolute Gasteiger partial charge is 0.322 e. The van der Waals surface area contributed by atoms with E-state index < -0.39 is 0 Å². The maximum atomic E-state index is 5.61. The quantitative estimate of drug-likeness (QED) is 0.716. The van der Waals surface area contributed by atoms with Gasteiger partial charge in [-0.1, -0.05) is 18.2 Å². The molecule has 0 unspecified atom stereocenters. The van der Waals surface area contributed by atoms with Crippen molar-refractivity contribution in [3.63, 3.8) is 0 Å². The van der Waals surface area contributed by atoms with Crippen LogP contribution in [0.5, 0.6) is 17.5 Å². The molecule has 0 saturated carbocycles. The first-order chi connectivity index (χ1) is 9.35. The summed E-state index contributed by atoms with van der Waals surface area (Å²) in [5.74, 6) is 1.46. The third kappa shape index (κ3) is 2.47. The summed E-state index contributed by atoms with van der Waals surface area (Å²) < 4.78 is 10.7. The van der Waals surface area contributed by atoms with E-state index in [1.807, 2.05) is 48.5 Å². The molecule has 0 aliphatic carbocycles. The number of rotatable bonds is 3. The van der Waals surface area contributed by atoms with Crippen LogP contribution in [0, 0.1) is 0 Å². The molecule has 0 N–H and O–H groups in total. The molecule has 0 aliphatic heterocycles. The zero-order valence-electron chi connectivity index (χ0n) is 10.4. The van der Waals surface area contributed by atoms with Crippen LogP contribution in [0.2, 0.25) is 0 Å². The van der Waals surface area contributed by atoms with Gasteiger partial charge in [0.25, 0.3) is 0 Å². The predicted molar refractivity (Wildman–Crippen MR) is 72.6 cm³/mol. The van der Waals surface area contributed by atoms with E-state index in [2.05, 4.69) is 9.97 Å². The van der Waals surface area contributed by atoms with Crippen LogP contribution in [0.1, 0.15) is 0 Å². The van der Waals surface area contributed by atoms with Crippen molar-refractivity contribution in [1.29, 1.82) is 0 Å². The minimum absolute atomic E-state index is 0.337. The Morgan fingerprint density at radius 2 is 1.63 bits per heavy atom. The molecule has 0 fully saturated rings. The zero-order chi connectivity index (χ0) is 13.1. The first kappa shape index (κ1) is 11.5. The maximum Gasteiger partial charge on any atom is 0.322 e. The van der Waals surface area contributed by atoms with Crippen molar-refractivity contribution in [2.75, 3.05) is 7.11 Å². The first-order valence-electron chi connectivity index (χ1n) is 5.89. The van der Waals surface area contributed by atoms with E-state index >= 15 is 0 Å². The van der Waals surface area contributed by atoms with Crippen molar-refractivity contribution < 1.29 is 9.47 Å². The second-order valence-corrected chi connectivity index (χ2v) is 3.99. The average molecular weight is 252 g/mol. The van der Waals surface area contributed by atoms with Gasteiger partial charge in [-0.05, 0) is 30.3 Å². The maximum absolute atomic E-state index is 5.61. The first-order valence-corrected chi connectivity index (χ1v) is 5.89. The topological polar surface area (TPSA) is 44.2 Å². The number of ether oxygens (including phenoxy) is 2. The van der Waals surface area contributed by atoms with Gasteiger partial charge in [0, 0.05) is 11.6 Å². The van der Waals surface area contributed by atoms with Crippen LogP contribution < -0.4 is 9.47 Å². The molecular formula is C15H12N2O2. The third-order valence-electron chi connectivity index (χ3n) is 2.74. The minimum Gasteiger partial charge on any atom is -0.497 e. The molecule has 0 saturated heterocycles. The fraction of sp³-hybridized carbons (Fsp3) is 0.0667. The molecular weight excluding hydrogens is 240 g/mol. The zero-order valence-corrected chi connectivity index (χ0v) is 10.4. The average Bonchev–Trinajstić information content (AvgIpc) is 2.48. The SMILES string of the molecule is COc1ccc(Oc2ncc3ccccc3n2)cc1. The van der Waals surface area contributed by atoms with Crippen LogP contribution >= 0.6 is 0 Å². The summed E-state index contributed by atoms with van der Waals surface area (Å²) in [5.41, 5.74) is 0.862. The Morgan fingerprint density at radius 3 is 2.42 bits per heavy atom. The van der Waals surface area contributed by atoms with Crippen LogP contribution in [0.15, 0.2) is 54.7 Å². The summed E-state index contributed by atoms with van der Waals surface area (Å²) in [5, 5.41) is 0.990. The van der Waals surface area contributed by atoms with Gasteiger partial charge in [-0.3, -0.25) is 0 Å². The summed E-state index contributed by atoms with van der Waals surface area (Å²) in [6.07, 6.45) is 1.75. The number of hydrogen-bond donors (Lipinski definition) is 0. The molecule has 3 rings (SSSR count). The van der Waals surface area contributed by atoms with Crippen molar-refractivity contribution >= 4 is 10.9 Å². The van der Waals surface area contributed by atoms with Crippen LogP contribution in [0.3, 0.4) is 0 Å². The number of fused-ring (bicyclic) bond motifs is 1. The molecule has 4 nitrogen and oxygen atoms in total. The van der Waals surface area contributed by atoms with E-state index in [0.717, 1.165) is 16.7 Å². The van der Waals surface area contributed by atoms with Crippen LogP contribution in [0.4, 0.5) is 0 Å². The normalized spacial score (nSPS) is 10.4. The summed E-state index contributed by atoms with van der Waals surface area (Å²) in [4.78, 5) is 8.53. The lowest BCUT2D eigenvalue weighted by Gasteiger charge is -2.05. The van der Waals surface area contributed by atoms with E-state index in [0.29, 0.717) is 11.8 Å². The van der Waals surface area contributed by atoms with Crippen molar-refractivity contribution in [2.24, 2.45) is 0 Å². The molecule has 0 aliphatic rings. The van der Waals surface area contributed by atoms with Crippen molar-refractivity contribution in [3.8, 4) is 17.5 Å². The Hall–Kier alpha value is -2.62. The highest BCUT2D eigenvalue weighted by molar-refractivity contribution is 5.77. The fourth-order valence-corrected chi connectivity index (χ4v) is 1.75. The van der Waals surface area contributed by atoms with E-state index in [4.69, 9.17) is 9.47 Å². The van der Waals surface area contributed by atoms with Gasteiger partial charge >= 0.3 is 6.01 Å². The number of nitrogens with zero attached hydrogens (tertiary/aromatic N) is 2. The van der Waals surface area contributed by atoms with Gasteiger partial charge in [0.1, 0.15) is 11.5 Å². The second kappa shape index (κ2) is 4.94. The molecule has 0 radical (unpaired) electrons. The van der Waals surface area contributed by atoms with Gasteiger partial charge in [0.05, 0.1) is 12.6 Å². The summed E-state index contributed by atoms with van der Waals surface area (Å²) in [6.45, 7) is 0. The molecule has 2 aromatic carbocycles. The lowest BCUT2D eigenvalue weighted by Crippen LogP contribution is -1.92. The predicted octanol–water partition coefficient (Wildman–Crippen LogP) is 3.43. The molecule has 0 spiro atoms. The van der Waals surface area contributed by atoms with E-state index in [-0.39, 0.29) is 0 Å². The van der Waals surface area contributed by atoms with Crippen molar-refractivity contribution in [3.05, 3.63) is 54.7 Å². The Balaban J connectivity index is 1.87. The number of hydrogen-bond acceptors (Lipinski definition) is 4. The molecule has 1 heterocycles.